The van der Waals surface area contributed by atoms with Gasteiger partial charge in [0.1, 0.15) is 5.56 Å². The summed E-state index contributed by atoms with van der Waals surface area (Å²) in [6, 6.07) is 4.55. The van der Waals surface area contributed by atoms with Gasteiger partial charge in [0.05, 0.1) is 30.9 Å². The quantitative estimate of drug-likeness (QED) is 0.170. The number of esters is 2. The van der Waals surface area contributed by atoms with Crippen LogP contribution in [0.2, 0.25) is 0 Å². The van der Waals surface area contributed by atoms with Crippen LogP contribution < -0.4 is 4.18 Å². The van der Waals surface area contributed by atoms with Gasteiger partial charge in [-0.15, -0.1) is 0 Å². The van der Waals surface area contributed by atoms with Crippen LogP contribution in [0.15, 0.2) is 36.4 Å². The number of ether oxygens (including phenoxy) is 2. The molecule has 0 bridgehead atoms. The second-order valence-corrected chi connectivity index (χ2v) is 8.83. The summed E-state index contributed by atoms with van der Waals surface area (Å²) in [5, 5.41) is 0. The molecule has 0 atom stereocenters. The number of carbonyl (C=O) groups is 2. The maximum atomic E-state index is 12.8. The van der Waals surface area contributed by atoms with Crippen molar-refractivity contribution < 1.29 is 71.2 Å². The number of carbonyl (C=O) groups excluding carboxylic acids is 2. The molecule has 0 fully saturated rings. The highest BCUT2D eigenvalue weighted by Crippen LogP contribution is 2.39. The Balaban J connectivity index is 0.000000403. The van der Waals surface area contributed by atoms with Crippen LogP contribution in [0.25, 0.3) is 0 Å². The van der Waals surface area contributed by atoms with Crippen LogP contribution in [-0.4, -0.2) is 40.1 Å². The average Bonchev–Trinajstić information content (AvgIpc) is 2.81. The zero-order chi connectivity index (χ0) is 30.4. The first-order valence-electron chi connectivity index (χ1n) is 10.3. The lowest BCUT2D eigenvalue weighted by Gasteiger charge is -2.15. The summed E-state index contributed by atoms with van der Waals surface area (Å²) < 4.78 is 147. The average molecular weight is 598 g/mol. The van der Waals surface area contributed by atoms with Crippen molar-refractivity contribution in [3.05, 3.63) is 64.2 Å². The highest BCUT2D eigenvalue weighted by atomic mass is 32.2. The molecule has 0 saturated carbocycles. The molecular formula is C22H19F9O7S. The number of aryl methyl sites for hydroxylation is 1. The van der Waals surface area contributed by atoms with Gasteiger partial charge in [0.2, 0.25) is 0 Å². The summed E-state index contributed by atoms with van der Waals surface area (Å²) in [6.45, 7) is 1.80. The molecule has 0 amide bonds. The van der Waals surface area contributed by atoms with Crippen LogP contribution in [0.5, 0.6) is 5.75 Å². The number of hydrogen-bond donors (Lipinski definition) is 0. The lowest BCUT2D eigenvalue weighted by Crippen LogP contribution is -2.29. The van der Waals surface area contributed by atoms with Crippen molar-refractivity contribution in [2.24, 2.45) is 0 Å². The maximum Gasteiger partial charge on any atom is 0.534 e. The van der Waals surface area contributed by atoms with E-state index in [-0.39, 0.29) is 23.3 Å². The smallest absolute Gasteiger partial charge is 0.465 e. The van der Waals surface area contributed by atoms with E-state index in [0.717, 1.165) is 20.3 Å². The Kier molecular flexibility index (Phi) is 10.8. The SMILES string of the molecule is CCCc1ccc(C(=O)OC)cc1C(F)(F)F.COC(=O)c1ccc(OS(=O)(=O)C(F)(F)F)c(C(F)(F)F)c1. The van der Waals surface area contributed by atoms with E-state index in [2.05, 4.69) is 13.7 Å². The Bertz CT molecular complexity index is 1280. The topological polar surface area (TPSA) is 96.0 Å². The molecule has 0 aliphatic heterocycles. The van der Waals surface area contributed by atoms with Crippen molar-refractivity contribution in [3.8, 4) is 5.75 Å². The summed E-state index contributed by atoms with van der Waals surface area (Å²) in [5.74, 6) is -3.58. The predicted octanol–water partition coefficient (Wildman–Crippen LogP) is 6.16. The molecule has 0 aromatic heterocycles. The van der Waals surface area contributed by atoms with E-state index < -0.39 is 62.4 Å². The first kappa shape index (κ1) is 33.5. The van der Waals surface area contributed by atoms with Crippen LogP contribution in [0.4, 0.5) is 39.5 Å². The van der Waals surface area contributed by atoms with Crippen LogP contribution in [-0.2, 0) is 38.4 Å². The van der Waals surface area contributed by atoms with Crippen molar-refractivity contribution in [1.82, 2.24) is 0 Å². The Morgan fingerprint density at radius 2 is 1.18 bits per heavy atom. The molecule has 0 N–H and O–H groups in total. The molecule has 0 aliphatic carbocycles. The summed E-state index contributed by atoms with van der Waals surface area (Å²) in [5.41, 5.74) is -9.07. The van der Waals surface area contributed by atoms with Crippen LogP contribution in [0.1, 0.15) is 50.8 Å². The minimum Gasteiger partial charge on any atom is -0.465 e. The third kappa shape index (κ3) is 9.04. The van der Waals surface area contributed by atoms with Crippen molar-refractivity contribution >= 4 is 22.1 Å². The largest absolute Gasteiger partial charge is 0.534 e. The summed E-state index contributed by atoms with van der Waals surface area (Å²) in [4.78, 5) is 22.3. The summed E-state index contributed by atoms with van der Waals surface area (Å²) in [7, 11) is -4.28. The Morgan fingerprint density at radius 1 is 0.744 bits per heavy atom. The highest BCUT2D eigenvalue weighted by molar-refractivity contribution is 7.88. The minimum absolute atomic E-state index is 0.0836. The minimum atomic E-state index is -6.29. The van der Waals surface area contributed by atoms with Gasteiger partial charge in [0.15, 0.2) is 5.75 Å². The zero-order valence-electron chi connectivity index (χ0n) is 20.0. The molecule has 17 heteroatoms. The molecule has 0 saturated heterocycles. The molecule has 39 heavy (non-hydrogen) atoms. The number of halogens is 9. The van der Waals surface area contributed by atoms with E-state index in [1.807, 2.05) is 0 Å². The van der Waals surface area contributed by atoms with Crippen LogP contribution in [0.3, 0.4) is 0 Å². The van der Waals surface area contributed by atoms with Gasteiger partial charge < -0.3 is 13.7 Å². The van der Waals surface area contributed by atoms with Gasteiger partial charge in [0, 0.05) is 0 Å². The van der Waals surface area contributed by atoms with Gasteiger partial charge in [-0.25, -0.2) is 9.59 Å². The molecule has 0 radical (unpaired) electrons. The summed E-state index contributed by atoms with van der Waals surface area (Å²) in [6.07, 6.45) is -8.77. The molecule has 0 heterocycles. The van der Waals surface area contributed by atoms with Gasteiger partial charge in [-0.05, 0) is 42.3 Å². The zero-order valence-corrected chi connectivity index (χ0v) is 20.9. The molecule has 0 aliphatic rings. The standard InChI is InChI=1S/C12H13F3O2.C10H6F6O5S/c1-3-4-8-5-6-9(11(16)17-2)7-10(8)12(13,14)15;1-20-8(17)5-2-3-7(6(4-5)9(11,12)13)21-22(18,19)10(14,15)16/h5-7H,3-4H2,1-2H3;2-4H,1H3. The normalized spacial score (nSPS) is 12.2. The Labute approximate surface area is 215 Å². The van der Waals surface area contributed by atoms with E-state index in [9.17, 15) is 57.5 Å². The van der Waals surface area contributed by atoms with E-state index >= 15 is 0 Å². The first-order valence-corrected chi connectivity index (χ1v) is 11.7. The molecule has 2 rings (SSSR count). The second kappa shape index (κ2) is 12.6. The molecular weight excluding hydrogens is 579 g/mol. The fourth-order valence-electron chi connectivity index (χ4n) is 2.81. The van der Waals surface area contributed by atoms with Gasteiger partial charge >= 0.3 is 39.9 Å². The van der Waals surface area contributed by atoms with Crippen molar-refractivity contribution in [3.63, 3.8) is 0 Å². The van der Waals surface area contributed by atoms with Crippen LogP contribution >= 0.6 is 0 Å². The van der Waals surface area contributed by atoms with E-state index in [1.54, 1.807) is 6.92 Å². The number of methoxy groups -OCH3 is 2. The molecule has 0 unspecified atom stereocenters. The van der Waals surface area contributed by atoms with Gasteiger partial charge in [-0.1, -0.05) is 19.4 Å². The monoisotopic (exact) mass is 598 g/mol. The highest BCUT2D eigenvalue weighted by Gasteiger charge is 2.49. The third-order valence-corrected chi connectivity index (χ3v) is 5.51. The molecule has 2 aromatic rings. The van der Waals surface area contributed by atoms with Gasteiger partial charge in [-0.3, -0.25) is 0 Å². The maximum absolute atomic E-state index is 12.8. The van der Waals surface area contributed by atoms with E-state index in [0.29, 0.717) is 18.9 Å². The Hall–Kier alpha value is -3.50. The van der Waals surface area contributed by atoms with Crippen LogP contribution in [0, 0.1) is 0 Å². The van der Waals surface area contributed by atoms with Gasteiger partial charge in [0.25, 0.3) is 0 Å². The third-order valence-electron chi connectivity index (χ3n) is 4.54. The van der Waals surface area contributed by atoms with Gasteiger partial charge in [-0.2, -0.15) is 47.9 Å². The van der Waals surface area contributed by atoms with Crippen molar-refractivity contribution in [2.45, 2.75) is 37.6 Å². The fourth-order valence-corrected chi connectivity index (χ4v) is 3.28. The van der Waals surface area contributed by atoms with E-state index in [1.165, 1.54) is 12.1 Å². The first-order chi connectivity index (χ1) is 17.7. The lowest BCUT2D eigenvalue weighted by molar-refractivity contribution is -0.139. The number of rotatable bonds is 6. The molecule has 0 spiro atoms. The van der Waals surface area contributed by atoms with E-state index in [4.69, 9.17) is 0 Å². The Morgan fingerprint density at radius 3 is 1.56 bits per heavy atom. The number of hydrogen-bond acceptors (Lipinski definition) is 7. The molecule has 218 valence electrons. The number of alkyl halides is 9. The molecule has 7 nitrogen and oxygen atoms in total. The fraction of sp³-hybridized carbons (Fsp3) is 0.364. The van der Waals surface area contributed by atoms with Crippen molar-refractivity contribution in [2.75, 3.05) is 14.2 Å². The number of benzene rings is 2. The lowest BCUT2D eigenvalue weighted by atomic mass is 10.00. The van der Waals surface area contributed by atoms with Crippen molar-refractivity contribution in [1.29, 1.82) is 0 Å². The summed E-state index contributed by atoms with van der Waals surface area (Å²) >= 11 is 0. The second-order valence-electron chi connectivity index (χ2n) is 7.29. The predicted molar refractivity (Wildman–Crippen MR) is 115 cm³/mol. The molecule has 2 aromatic carbocycles.